The summed E-state index contributed by atoms with van der Waals surface area (Å²) in [6.45, 7) is -1.70. The van der Waals surface area contributed by atoms with Gasteiger partial charge in [0, 0.05) is 30.6 Å². The second kappa shape index (κ2) is 7.58. The molecular weight excluding hydrogens is 362 g/mol. The predicted molar refractivity (Wildman–Crippen MR) is 97.8 cm³/mol. The van der Waals surface area contributed by atoms with E-state index in [1.54, 1.807) is 24.3 Å². The molecule has 9 nitrogen and oxygen atoms in total. The van der Waals surface area contributed by atoms with E-state index in [0.717, 1.165) is 11.1 Å². The monoisotopic (exact) mass is 381 g/mol. The molecule has 0 aliphatic heterocycles. The molecule has 2 aromatic carbocycles. The molecule has 10 heteroatoms. The first kappa shape index (κ1) is 19.5. The van der Waals surface area contributed by atoms with Crippen molar-refractivity contribution in [3.63, 3.8) is 0 Å². The highest BCUT2D eigenvalue weighted by atomic mass is 32.2. The Hall–Kier alpha value is -2.85. The van der Waals surface area contributed by atoms with Gasteiger partial charge in [-0.05, 0) is 12.1 Å². The summed E-state index contributed by atoms with van der Waals surface area (Å²) in [5.74, 6) is -2.75. The molecule has 0 radical (unpaired) electrons. The molecule has 0 spiro atoms. The highest BCUT2D eigenvalue weighted by Crippen LogP contribution is 2.33. The molecule has 0 saturated carbocycles. The van der Waals surface area contributed by atoms with Crippen molar-refractivity contribution in [2.24, 2.45) is 0 Å². The molecule has 26 heavy (non-hydrogen) atoms. The summed E-state index contributed by atoms with van der Waals surface area (Å²) in [5, 5.41) is 19.1. The Bertz CT molecular complexity index is 942. The van der Waals surface area contributed by atoms with E-state index in [1.807, 2.05) is 29.8 Å². The van der Waals surface area contributed by atoms with Crippen LogP contribution in [0.2, 0.25) is 0 Å². The van der Waals surface area contributed by atoms with Crippen LogP contribution in [0.15, 0.2) is 36.4 Å². The largest absolute Gasteiger partial charge is 0.480 e. The van der Waals surface area contributed by atoms with Crippen LogP contribution in [0, 0.1) is 0 Å². The summed E-state index contributed by atoms with van der Waals surface area (Å²) in [7, 11) is -0.712. The molecule has 0 unspecified atom stereocenters. The molecule has 0 aliphatic rings. The van der Waals surface area contributed by atoms with Gasteiger partial charge in [0.2, 0.25) is 0 Å². The second-order valence-electron chi connectivity index (χ2n) is 5.66. The lowest BCUT2D eigenvalue weighted by Crippen LogP contribution is -2.45. The van der Waals surface area contributed by atoms with E-state index in [-0.39, 0.29) is 5.69 Å². The fraction of sp³-hybridized carbons (Fsp3) is 0.250. The molecule has 2 rings (SSSR count). The summed E-state index contributed by atoms with van der Waals surface area (Å²) < 4.78 is 27.6. The average Bonchev–Trinajstić information content (AvgIpc) is 2.56. The maximum absolute atomic E-state index is 12.5. The Kier molecular flexibility index (Phi) is 5.68. The van der Waals surface area contributed by atoms with E-state index in [0.29, 0.717) is 9.69 Å². The SMILES string of the molecule is CN(C)c1cccc2c(N(CC(=O)O)S(=O)(=O)NCC(=O)O)cccc12. The van der Waals surface area contributed by atoms with Crippen molar-refractivity contribution in [2.75, 3.05) is 36.4 Å². The Morgan fingerprint density at radius 3 is 2.00 bits per heavy atom. The minimum Gasteiger partial charge on any atom is -0.480 e. The van der Waals surface area contributed by atoms with Gasteiger partial charge in [-0.25, -0.2) is 4.31 Å². The molecule has 3 N–H and O–H groups in total. The highest BCUT2D eigenvalue weighted by molar-refractivity contribution is 7.91. The normalized spacial score (nSPS) is 11.3. The third kappa shape index (κ3) is 4.21. The van der Waals surface area contributed by atoms with Crippen molar-refractivity contribution in [1.82, 2.24) is 4.72 Å². The lowest BCUT2D eigenvalue weighted by Gasteiger charge is -2.25. The Balaban J connectivity index is 2.64. The van der Waals surface area contributed by atoms with Gasteiger partial charge in [-0.3, -0.25) is 9.59 Å². The smallest absolute Gasteiger partial charge is 0.324 e. The third-order valence-electron chi connectivity index (χ3n) is 3.60. The molecule has 0 bridgehead atoms. The molecule has 0 heterocycles. The van der Waals surface area contributed by atoms with Gasteiger partial charge >= 0.3 is 22.1 Å². The van der Waals surface area contributed by atoms with E-state index < -0.39 is 35.2 Å². The molecular formula is C16H19N3O6S. The molecule has 0 aromatic heterocycles. The number of aliphatic carboxylic acids is 2. The van der Waals surface area contributed by atoms with E-state index in [1.165, 1.54) is 6.07 Å². The van der Waals surface area contributed by atoms with Crippen LogP contribution in [0.25, 0.3) is 10.8 Å². The fourth-order valence-electron chi connectivity index (χ4n) is 2.54. The zero-order valence-corrected chi connectivity index (χ0v) is 15.0. The van der Waals surface area contributed by atoms with Crippen molar-refractivity contribution < 1.29 is 28.2 Å². The summed E-state index contributed by atoms with van der Waals surface area (Å²) in [6.07, 6.45) is 0. The topological polar surface area (TPSA) is 127 Å². The first-order chi connectivity index (χ1) is 12.1. The number of anilines is 2. The number of carbonyl (C=O) groups is 2. The lowest BCUT2D eigenvalue weighted by atomic mass is 10.1. The van der Waals surface area contributed by atoms with Crippen LogP contribution in [-0.4, -0.2) is 57.8 Å². The maximum Gasteiger partial charge on any atom is 0.324 e. The predicted octanol–water partition coefficient (Wildman–Crippen LogP) is 0.716. The van der Waals surface area contributed by atoms with Gasteiger partial charge in [-0.15, -0.1) is 0 Å². The number of carboxylic acids is 2. The summed E-state index contributed by atoms with van der Waals surface area (Å²) in [5.41, 5.74) is 0.974. The molecule has 0 saturated heterocycles. The van der Waals surface area contributed by atoms with Crippen LogP contribution in [0.3, 0.4) is 0 Å². The van der Waals surface area contributed by atoms with Crippen LogP contribution in [0.5, 0.6) is 0 Å². The van der Waals surface area contributed by atoms with Crippen molar-refractivity contribution in [3.05, 3.63) is 36.4 Å². The molecule has 140 valence electrons. The molecule has 2 aromatic rings. The lowest BCUT2D eigenvalue weighted by molar-refractivity contribution is -0.136. The minimum atomic E-state index is -4.38. The van der Waals surface area contributed by atoms with Gasteiger partial charge in [-0.2, -0.15) is 13.1 Å². The van der Waals surface area contributed by atoms with Crippen LogP contribution in [-0.2, 0) is 19.8 Å². The number of benzene rings is 2. The van der Waals surface area contributed by atoms with Gasteiger partial charge < -0.3 is 15.1 Å². The summed E-state index contributed by atoms with van der Waals surface area (Å²) >= 11 is 0. The standard InChI is InChI=1S/C16H19N3O6S/c1-18(2)13-7-3-6-12-11(13)5-4-8-14(12)19(10-16(22)23)26(24,25)17-9-15(20)21/h3-8,17H,9-10H2,1-2H3,(H,20,21)(H,22,23). The van der Waals surface area contributed by atoms with E-state index in [2.05, 4.69) is 0 Å². The molecule has 0 amide bonds. The molecule has 0 atom stereocenters. The maximum atomic E-state index is 12.5. The van der Waals surface area contributed by atoms with E-state index in [4.69, 9.17) is 10.2 Å². The van der Waals surface area contributed by atoms with E-state index >= 15 is 0 Å². The van der Waals surface area contributed by atoms with Gasteiger partial charge in [0.15, 0.2) is 0 Å². The number of carboxylic acid groups (broad SMARTS) is 2. The Morgan fingerprint density at radius 2 is 1.50 bits per heavy atom. The van der Waals surface area contributed by atoms with Gasteiger partial charge in [0.1, 0.15) is 13.1 Å². The number of fused-ring (bicyclic) bond motifs is 1. The Morgan fingerprint density at radius 1 is 0.962 bits per heavy atom. The van der Waals surface area contributed by atoms with Crippen LogP contribution in [0.1, 0.15) is 0 Å². The quantitative estimate of drug-likeness (QED) is 0.615. The minimum absolute atomic E-state index is 0.145. The second-order valence-corrected chi connectivity index (χ2v) is 7.34. The number of hydrogen-bond acceptors (Lipinski definition) is 5. The number of hydrogen-bond donors (Lipinski definition) is 3. The Labute approximate surface area is 150 Å². The fourth-order valence-corrected chi connectivity index (χ4v) is 3.70. The van der Waals surface area contributed by atoms with Crippen LogP contribution < -0.4 is 13.9 Å². The van der Waals surface area contributed by atoms with Crippen molar-refractivity contribution in [2.45, 2.75) is 0 Å². The average molecular weight is 381 g/mol. The highest BCUT2D eigenvalue weighted by Gasteiger charge is 2.27. The van der Waals surface area contributed by atoms with Gasteiger partial charge in [0.25, 0.3) is 0 Å². The van der Waals surface area contributed by atoms with Crippen LogP contribution in [0.4, 0.5) is 11.4 Å². The van der Waals surface area contributed by atoms with E-state index in [9.17, 15) is 18.0 Å². The van der Waals surface area contributed by atoms with Crippen molar-refractivity contribution >= 4 is 44.3 Å². The molecule has 0 aliphatic carbocycles. The zero-order chi connectivity index (χ0) is 19.5. The van der Waals surface area contributed by atoms with Crippen LogP contribution >= 0.6 is 0 Å². The van der Waals surface area contributed by atoms with Gasteiger partial charge in [-0.1, -0.05) is 24.3 Å². The first-order valence-corrected chi connectivity index (χ1v) is 8.97. The molecule has 0 fully saturated rings. The number of nitrogens with zero attached hydrogens (tertiary/aromatic N) is 2. The number of nitrogens with one attached hydrogen (secondary N) is 1. The van der Waals surface area contributed by atoms with Gasteiger partial charge in [0.05, 0.1) is 5.69 Å². The van der Waals surface area contributed by atoms with Crippen molar-refractivity contribution in [1.29, 1.82) is 0 Å². The first-order valence-electron chi connectivity index (χ1n) is 7.53. The zero-order valence-electron chi connectivity index (χ0n) is 14.2. The number of rotatable bonds is 8. The third-order valence-corrected chi connectivity index (χ3v) is 5.02. The summed E-state index contributed by atoms with van der Waals surface area (Å²) in [6, 6.07) is 10.2. The van der Waals surface area contributed by atoms with Crippen molar-refractivity contribution in [3.8, 4) is 0 Å². The summed E-state index contributed by atoms with van der Waals surface area (Å²) in [4.78, 5) is 23.8.